The summed E-state index contributed by atoms with van der Waals surface area (Å²) in [6.07, 6.45) is 6.78. The van der Waals surface area contributed by atoms with Crippen LogP contribution in [-0.4, -0.2) is 23.1 Å². The summed E-state index contributed by atoms with van der Waals surface area (Å²) in [5.74, 6) is 2.43. The minimum Gasteiger partial charge on any atom is -0.355 e. The van der Waals surface area contributed by atoms with Crippen LogP contribution in [0.1, 0.15) is 25.7 Å². The van der Waals surface area contributed by atoms with Gasteiger partial charge in [0.1, 0.15) is 10.3 Å². The number of anilines is 1. The molecule has 0 spiro atoms. The largest absolute Gasteiger partial charge is 0.355 e. The second-order valence-corrected chi connectivity index (χ2v) is 5.95. The van der Waals surface area contributed by atoms with E-state index in [0.717, 1.165) is 30.7 Å². The average Bonchev–Trinajstić information content (AvgIpc) is 3.16. The molecule has 0 aromatic carbocycles. The molecule has 3 rings (SSSR count). The third-order valence-corrected chi connectivity index (χ3v) is 4.14. The Kier molecular flexibility index (Phi) is 2.94. The molecule has 2 aliphatic carbocycles. The molecule has 0 aliphatic heterocycles. The lowest BCUT2D eigenvalue weighted by atomic mass is 10.3. The van der Waals surface area contributed by atoms with Crippen molar-refractivity contribution in [3.05, 3.63) is 21.2 Å². The monoisotopic (exact) mass is 297 g/mol. The van der Waals surface area contributed by atoms with E-state index in [1.54, 1.807) is 0 Å². The van der Waals surface area contributed by atoms with Crippen molar-refractivity contribution in [3.8, 4) is 0 Å². The molecule has 0 unspecified atom stereocenters. The highest BCUT2D eigenvalue weighted by Gasteiger charge is 2.30. The van der Waals surface area contributed by atoms with Crippen molar-refractivity contribution in [1.29, 1.82) is 0 Å². The predicted octanol–water partition coefficient (Wildman–Crippen LogP) is 2.16. The second kappa shape index (κ2) is 4.44. The Morgan fingerprint density at radius 2 is 1.88 bits per heavy atom. The molecule has 2 fully saturated rings. The highest BCUT2D eigenvalue weighted by molar-refractivity contribution is 9.10. The van der Waals surface area contributed by atoms with E-state index in [2.05, 4.69) is 30.8 Å². The smallest absolute Gasteiger partial charge is 0.267 e. The fourth-order valence-corrected chi connectivity index (χ4v) is 2.53. The number of H-pyrrole nitrogens is 1. The summed E-state index contributed by atoms with van der Waals surface area (Å²) in [7, 11) is 0. The van der Waals surface area contributed by atoms with E-state index in [0.29, 0.717) is 4.47 Å². The molecule has 1 aromatic rings. The Morgan fingerprint density at radius 1 is 1.29 bits per heavy atom. The summed E-state index contributed by atoms with van der Waals surface area (Å²) in [4.78, 5) is 20.8. The maximum absolute atomic E-state index is 11.6. The third kappa shape index (κ3) is 2.70. The Hall–Kier alpha value is -0.840. The SMILES string of the molecule is O=c1[nH]cnc(N(CC2CC2)CC2CC2)c1Br. The van der Waals surface area contributed by atoms with Gasteiger partial charge in [-0.15, -0.1) is 0 Å². The molecular weight excluding hydrogens is 282 g/mol. The topological polar surface area (TPSA) is 49.0 Å². The summed E-state index contributed by atoms with van der Waals surface area (Å²) in [6.45, 7) is 2.09. The van der Waals surface area contributed by atoms with E-state index < -0.39 is 0 Å². The standard InChI is InChI=1S/C12H16BrN3O/c13-10-11(14-7-15-12(10)17)16(5-8-1-2-8)6-9-3-4-9/h7-9H,1-6H2,(H,14,15,17). The number of rotatable bonds is 5. The Balaban J connectivity index is 1.83. The van der Waals surface area contributed by atoms with Gasteiger partial charge in [0.25, 0.3) is 5.56 Å². The van der Waals surface area contributed by atoms with Crippen LogP contribution < -0.4 is 10.5 Å². The summed E-state index contributed by atoms with van der Waals surface area (Å²) < 4.78 is 0.571. The molecule has 4 nitrogen and oxygen atoms in total. The van der Waals surface area contributed by atoms with Gasteiger partial charge in [-0.2, -0.15) is 0 Å². The van der Waals surface area contributed by atoms with Crippen molar-refractivity contribution in [2.24, 2.45) is 11.8 Å². The third-order valence-electron chi connectivity index (χ3n) is 3.43. The van der Waals surface area contributed by atoms with Crippen LogP contribution in [-0.2, 0) is 0 Å². The van der Waals surface area contributed by atoms with Crippen LogP contribution >= 0.6 is 15.9 Å². The van der Waals surface area contributed by atoms with Gasteiger partial charge in [-0.25, -0.2) is 4.98 Å². The predicted molar refractivity (Wildman–Crippen MR) is 70.2 cm³/mol. The fraction of sp³-hybridized carbons (Fsp3) is 0.667. The first kappa shape index (κ1) is 11.3. The highest BCUT2D eigenvalue weighted by atomic mass is 79.9. The van der Waals surface area contributed by atoms with Crippen molar-refractivity contribution < 1.29 is 0 Å². The quantitative estimate of drug-likeness (QED) is 0.906. The molecule has 1 heterocycles. The van der Waals surface area contributed by atoms with Crippen LogP contribution in [0.2, 0.25) is 0 Å². The molecule has 0 radical (unpaired) electrons. The van der Waals surface area contributed by atoms with Crippen molar-refractivity contribution in [3.63, 3.8) is 0 Å². The normalized spacial score (nSPS) is 19.4. The summed E-state index contributed by atoms with van der Waals surface area (Å²) in [6, 6.07) is 0. The zero-order chi connectivity index (χ0) is 11.8. The summed E-state index contributed by atoms with van der Waals surface area (Å²) >= 11 is 3.35. The zero-order valence-electron chi connectivity index (χ0n) is 9.66. The van der Waals surface area contributed by atoms with Crippen LogP contribution in [0.15, 0.2) is 15.6 Å². The maximum atomic E-state index is 11.6. The van der Waals surface area contributed by atoms with Crippen LogP contribution in [0.25, 0.3) is 0 Å². The van der Waals surface area contributed by atoms with Crippen molar-refractivity contribution >= 4 is 21.7 Å². The molecule has 1 N–H and O–H groups in total. The minimum absolute atomic E-state index is 0.0911. The van der Waals surface area contributed by atoms with E-state index in [1.807, 2.05) is 0 Å². The number of hydrogen-bond acceptors (Lipinski definition) is 3. The van der Waals surface area contributed by atoms with Gasteiger partial charge in [0, 0.05) is 13.1 Å². The molecular formula is C12H16BrN3O. The number of hydrogen-bond donors (Lipinski definition) is 1. The van der Waals surface area contributed by atoms with Gasteiger partial charge in [0.15, 0.2) is 0 Å². The molecule has 0 saturated heterocycles. The first-order chi connectivity index (χ1) is 8.24. The lowest BCUT2D eigenvalue weighted by molar-refractivity contribution is 0.668. The zero-order valence-corrected chi connectivity index (χ0v) is 11.2. The molecule has 0 amide bonds. The molecule has 17 heavy (non-hydrogen) atoms. The molecule has 92 valence electrons. The van der Waals surface area contributed by atoms with Gasteiger partial charge < -0.3 is 9.88 Å². The minimum atomic E-state index is -0.0911. The number of aromatic amines is 1. The van der Waals surface area contributed by atoms with Crippen molar-refractivity contribution in [1.82, 2.24) is 9.97 Å². The van der Waals surface area contributed by atoms with Gasteiger partial charge in [0.2, 0.25) is 0 Å². The second-order valence-electron chi connectivity index (χ2n) is 5.16. The van der Waals surface area contributed by atoms with Crippen LogP contribution in [0.5, 0.6) is 0 Å². The van der Waals surface area contributed by atoms with E-state index >= 15 is 0 Å². The fourth-order valence-electron chi connectivity index (χ4n) is 2.07. The highest BCUT2D eigenvalue weighted by Crippen LogP contribution is 2.36. The van der Waals surface area contributed by atoms with Gasteiger partial charge in [-0.3, -0.25) is 4.79 Å². The maximum Gasteiger partial charge on any atom is 0.267 e. The van der Waals surface area contributed by atoms with Gasteiger partial charge >= 0.3 is 0 Å². The first-order valence-electron chi connectivity index (χ1n) is 6.22. The molecule has 5 heteroatoms. The molecule has 0 bridgehead atoms. The Labute approximate surface area is 109 Å². The van der Waals surface area contributed by atoms with Gasteiger partial charge in [-0.05, 0) is 53.4 Å². The van der Waals surface area contributed by atoms with Crippen LogP contribution in [0, 0.1) is 11.8 Å². The van der Waals surface area contributed by atoms with Crippen molar-refractivity contribution in [2.45, 2.75) is 25.7 Å². The Morgan fingerprint density at radius 3 is 2.41 bits per heavy atom. The van der Waals surface area contributed by atoms with Crippen molar-refractivity contribution in [2.75, 3.05) is 18.0 Å². The summed E-state index contributed by atoms with van der Waals surface area (Å²) in [5.41, 5.74) is -0.0911. The van der Waals surface area contributed by atoms with E-state index in [1.165, 1.54) is 32.0 Å². The van der Waals surface area contributed by atoms with Gasteiger partial charge in [0.05, 0.1) is 6.33 Å². The molecule has 2 saturated carbocycles. The van der Waals surface area contributed by atoms with E-state index in [4.69, 9.17) is 0 Å². The number of nitrogens with zero attached hydrogens (tertiary/aromatic N) is 2. The first-order valence-corrected chi connectivity index (χ1v) is 7.01. The lowest BCUT2D eigenvalue weighted by Gasteiger charge is -2.24. The Bertz CT molecular complexity index is 451. The number of aromatic nitrogens is 2. The van der Waals surface area contributed by atoms with Crippen LogP contribution in [0.3, 0.4) is 0 Å². The van der Waals surface area contributed by atoms with Crippen LogP contribution in [0.4, 0.5) is 5.82 Å². The lowest BCUT2D eigenvalue weighted by Crippen LogP contribution is -2.30. The van der Waals surface area contributed by atoms with Gasteiger partial charge in [-0.1, -0.05) is 0 Å². The number of nitrogens with one attached hydrogen (secondary N) is 1. The molecule has 2 aliphatic rings. The summed E-state index contributed by atoms with van der Waals surface area (Å²) in [5, 5.41) is 0. The average molecular weight is 298 g/mol. The van der Waals surface area contributed by atoms with E-state index in [-0.39, 0.29) is 5.56 Å². The molecule has 0 atom stereocenters. The molecule has 1 aromatic heterocycles. The number of halogens is 1. The van der Waals surface area contributed by atoms with E-state index in [9.17, 15) is 4.79 Å².